The topological polar surface area (TPSA) is 159 Å². The molecule has 38 heavy (non-hydrogen) atoms. The number of ketones is 1. The number of nitrogens with one attached hydrogen (secondary N) is 2. The van der Waals surface area contributed by atoms with Gasteiger partial charge in [0.25, 0.3) is 5.91 Å². The molecule has 3 saturated carbocycles. The number of primary amides is 1. The number of rotatable bonds is 9. The zero-order valence-electron chi connectivity index (χ0n) is 23.0. The molecule has 1 heterocycles. The lowest BCUT2D eigenvalue weighted by atomic mass is 9.61. The Bertz CT molecular complexity index is 967. The van der Waals surface area contributed by atoms with Crippen LogP contribution in [0, 0.1) is 29.1 Å². The predicted octanol–water partition coefficient (Wildman–Crippen LogP) is 2.59. The molecule has 10 heteroatoms. The normalized spacial score (nSPS) is 28.2. The van der Waals surface area contributed by atoms with Gasteiger partial charge in [-0.3, -0.25) is 19.2 Å². The van der Waals surface area contributed by atoms with Gasteiger partial charge in [0.1, 0.15) is 11.6 Å². The van der Waals surface area contributed by atoms with E-state index < -0.39 is 46.7 Å². The van der Waals surface area contributed by atoms with Crippen molar-refractivity contribution in [3.8, 4) is 0 Å². The molecule has 0 aromatic rings. The summed E-state index contributed by atoms with van der Waals surface area (Å²) < 4.78 is 0. The summed E-state index contributed by atoms with van der Waals surface area (Å²) in [6.07, 6.45) is 7.96. The predicted molar refractivity (Wildman–Crippen MR) is 140 cm³/mol. The van der Waals surface area contributed by atoms with E-state index in [1.807, 2.05) is 20.8 Å². The smallest absolute Gasteiger partial charge is 0.405 e. The van der Waals surface area contributed by atoms with E-state index >= 15 is 0 Å². The molecule has 0 spiro atoms. The maximum Gasteiger partial charge on any atom is 0.405 e. The number of carbonyl (C=O) groups is 5. The summed E-state index contributed by atoms with van der Waals surface area (Å²) >= 11 is 0. The van der Waals surface area contributed by atoms with Crippen LogP contribution in [0.15, 0.2) is 0 Å². The van der Waals surface area contributed by atoms with Gasteiger partial charge in [-0.05, 0) is 61.2 Å². The van der Waals surface area contributed by atoms with Crippen LogP contribution >= 0.6 is 0 Å². The molecule has 1 unspecified atom stereocenters. The van der Waals surface area contributed by atoms with Gasteiger partial charge < -0.3 is 26.4 Å². The molecular formula is C28H44N4O6. The molecule has 1 aliphatic heterocycles. The molecule has 5 atom stereocenters. The highest BCUT2D eigenvalue weighted by molar-refractivity contribution is 6.37. The van der Waals surface area contributed by atoms with E-state index in [4.69, 9.17) is 5.73 Å². The summed E-state index contributed by atoms with van der Waals surface area (Å²) in [7, 11) is 0. The van der Waals surface area contributed by atoms with Crippen LogP contribution < -0.4 is 16.4 Å². The van der Waals surface area contributed by atoms with E-state index in [1.165, 1.54) is 0 Å². The van der Waals surface area contributed by atoms with Gasteiger partial charge in [-0.1, -0.05) is 59.3 Å². The SMILES string of the molecule is CC(C)(C)[C@](NC(=O)O)(C(=O)N1C[C@@H]2CCC[C@@H]2[C@H]1C(=O)NC(CC1CC1)C(=O)C(N)=O)C1CCCCC1. The Morgan fingerprint density at radius 3 is 2.16 bits per heavy atom. The average molecular weight is 533 g/mol. The molecule has 4 aliphatic rings. The van der Waals surface area contributed by atoms with Crippen LogP contribution in [-0.2, 0) is 19.2 Å². The lowest BCUT2D eigenvalue weighted by Crippen LogP contribution is -2.71. The molecule has 0 aromatic carbocycles. The third-order valence-corrected chi connectivity index (χ3v) is 9.60. The molecule has 4 amide bonds. The third-order valence-electron chi connectivity index (χ3n) is 9.60. The maximum atomic E-state index is 14.7. The van der Waals surface area contributed by atoms with Crippen molar-refractivity contribution >= 4 is 29.6 Å². The Hall–Kier alpha value is -2.65. The molecule has 3 aliphatic carbocycles. The summed E-state index contributed by atoms with van der Waals surface area (Å²) in [5, 5.41) is 15.4. The number of amides is 4. The average Bonchev–Trinajstić information content (AvgIpc) is 3.42. The number of fused-ring (bicyclic) bond motifs is 1. The van der Waals surface area contributed by atoms with Gasteiger partial charge in [-0.15, -0.1) is 0 Å². The summed E-state index contributed by atoms with van der Waals surface area (Å²) in [6, 6.07) is -1.83. The van der Waals surface area contributed by atoms with Crippen LogP contribution in [0.5, 0.6) is 0 Å². The van der Waals surface area contributed by atoms with Crippen molar-refractivity contribution in [1.82, 2.24) is 15.5 Å². The number of carboxylic acid groups (broad SMARTS) is 1. The van der Waals surface area contributed by atoms with E-state index in [0.717, 1.165) is 64.2 Å². The van der Waals surface area contributed by atoms with Gasteiger partial charge in [-0.2, -0.15) is 0 Å². The van der Waals surface area contributed by atoms with Crippen molar-refractivity contribution in [1.29, 1.82) is 0 Å². The minimum Gasteiger partial charge on any atom is -0.465 e. The fourth-order valence-corrected chi connectivity index (χ4v) is 7.58. The summed E-state index contributed by atoms with van der Waals surface area (Å²) in [5.74, 6) is -2.56. The first-order valence-electron chi connectivity index (χ1n) is 14.3. The number of nitrogens with two attached hydrogens (primary N) is 1. The second-order valence-electron chi connectivity index (χ2n) is 13.0. The first-order chi connectivity index (χ1) is 17.9. The summed E-state index contributed by atoms with van der Waals surface area (Å²) in [5.41, 5.74) is 3.14. The molecule has 4 fully saturated rings. The fourth-order valence-electron chi connectivity index (χ4n) is 7.58. The second-order valence-corrected chi connectivity index (χ2v) is 13.0. The van der Waals surface area contributed by atoms with E-state index in [1.54, 1.807) is 4.90 Å². The zero-order valence-corrected chi connectivity index (χ0v) is 23.0. The molecule has 4 rings (SSSR count). The van der Waals surface area contributed by atoms with Crippen LogP contribution in [0.3, 0.4) is 0 Å². The Labute approximate surface area is 224 Å². The Balaban J connectivity index is 1.69. The van der Waals surface area contributed by atoms with Gasteiger partial charge in [0.2, 0.25) is 17.6 Å². The van der Waals surface area contributed by atoms with Crippen LogP contribution in [0.2, 0.25) is 0 Å². The van der Waals surface area contributed by atoms with Crippen molar-refractivity contribution in [2.45, 2.75) is 109 Å². The number of hydrogen-bond donors (Lipinski definition) is 4. The minimum atomic E-state index is -1.40. The molecule has 0 bridgehead atoms. The van der Waals surface area contributed by atoms with Crippen LogP contribution in [-0.4, -0.2) is 63.8 Å². The molecule has 0 radical (unpaired) electrons. The summed E-state index contributed by atoms with van der Waals surface area (Å²) in [6.45, 7) is 6.04. The molecule has 1 saturated heterocycles. The molecule has 0 aromatic heterocycles. The third kappa shape index (κ3) is 5.41. The number of nitrogens with zero attached hydrogens (tertiary/aromatic N) is 1. The highest BCUT2D eigenvalue weighted by atomic mass is 16.4. The van der Waals surface area contributed by atoms with Gasteiger partial charge in [0.15, 0.2) is 0 Å². The summed E-state index contributed by atoms with van der Waals surface area (Å²) in [4.78, 5) is 66.6. The number of hydrogen-bond acceptors (Lipinski definition) is 5. The highest BCUT2D eigenvalue weighted by Crippen LogP contribution is 2.48. The van der Waals surface area contributed by atoms with Gasteiger partial charge >= 0.3 is 6.09 Å². The molecule has 212 valence electrons. The maximum absolute atomic E-state index is 14.7. The van der Waals surface area contributed by atoms with Crippen LogP contribution in [0.25, 0.3) is 0 Å². The van der Waals surface area contributed by atoms with E-state index in [-0.39, 0.29) is 29.6 Å². The molecule has 10 nitrogen and oxygen atoms in total. The number of carbonyl (C=O) groups excluding carboxylic acids is 4. The lowest BCUT2D eigenvalue weighted by Gasteiger charge is -2.51. The first-order valence-corrected chi connectivity index (χ1v) is 14.3. The number of Topliss-reactive ketones (excluding diaryl/α,β-unsaturated/α-hetero) is 1. The largest absolute Gasteiger partial charge is 0.465 e. The first kappa shape index (κ1) is 28.4. The van der Waals surface area contributed by atoms with Crippen molar-refractivity contribution in [2.24, 2.45) is 34.8 Å². The lowest BCUT2D eigenvalue weighted by molar-refractivity contribution is -0.153. The van der Waals surface area contributed by atoms with E-state index in [0.29, 0.717) is 13.0 Å². The second kappa shape index (κ2) is 10.8. The van der Waals surface area contributed by atoms with Crippen molar-refractivity contribution in [2.75, 3.05) is 6.54 Å². The fraction of sp³-hybridized carbons (Fsp3) is 0.821. The van der Waals surface area contributed by atoms with Crippen molar-refractivity contribution in [3.05, 3.63) is 0 Å². The van der Waals surface area contributed by atoms with Crippen LogP contribution in [0.1, 0.15) is 91.4 Å². The van der Waals surface area contributed by atoms with Crippen molar-refractivity contribution < 1.29 is 29.1 Å². The highest BCUT2D eigenvalue weighted by Gasteiger charge is 2.60. The zero-order chi connectivity index (χ0) is 27.8. The van der Waals surface area contributed by atoms with E-state index in [2.05, 4.69) is 10.6 Å². The molecule has 5 N–H and O–H groups in total. The number of likely N-dealkylation sites (tertiary alicyclic amines) is 1. The molecular weight excluding hydrogens is 488 g/mol. The van der Waals surface area contributed by atoms with E-state index in [9.17, 15) is 29.1 Å². The monoisotopic (exact) mass is 532 g/mol. The minimum absolute atomic E-state index is 0.0712. The van der Waals surface area contributed by atoms with Crippen molar-refractivity contribution in [3.63, 3.8) is 0 Å². The van der Waals surface area contributed by atoms with Gasteiger partial charge in [-0.25, -0.2) is 4.79 Å². The standard InChI is InChI=1S/C28H44N4O6/c1-27(2,3)28(31-26(37)38,18-9-5-4-6-10-18)25(36)32-15-17-8-7-11-19(17)21(32)24(35)30-20(14-16-12-13-16)22(33)23(29)34/h16-21,31H,4-15H2,1-3H3,(H2,29,34)(H,30,35)(H,37,38)/t17-,19-,20?,21-,28+/m0/s1. The van der Waals surface area contributed by atoms with Gasteiger partial charge in [0, 0.05) is 6.54 Å². The Morgan fingerprint density at radius 2 is 1.61 bits per heavy atom. The quantitative estimate of drug-likeness (QED) is 0.334. The van der Waals surface area contributed by atoms with Crippen LogP contribution in [0.4, 0.5) is 4.79 Å². The Morgan fingerprint density at radius 1 is 0.947 bits per heavy atom. The van der Waals surface area contributed by atoms with Gasteiger partial charge in [0.05, 0.1) is 6.04 Å². The Kier molecular flexibility index (Phi) is 8.09.